The van der Waals surface area contributed by atoms with Crippen LogP contribution in [0, 0.1) is 5.82 Å². The van der Waals surface area contributed by atoms with Gasteiger partial charge < -0.3 is 19.5 Å². The van der Waals surface area contributed by atoms with Gasteiger partial charge in [0.25, 0.3) is 0 Å². The molecule has 4 nitrogen and oxygen atoms in total. The minimum Gasteiger partial charge on any atom is -0.465 e. The van der Waals surface area contributed by atoms with Crippen molar-refractivity contribution >= 4 is 12.6 Å². The third kappa shape index (κ3) is 2.70. The zero-order chi connectivity index (χ0) is 10.6. The van der Waals surface area contributed by atoms with Crippen LogP contribution in [-0.4, -0.2) is 31.1 Å². The minimum atomic E-state index is -1.64. The lowest BCUT2D eigenvalue weighted by molar-refractivity contribution is 0.0483. The highest BCUT2D eigenvalue weighted by Crippen LogP contribution is 2.14. The van der Waals surface area contributed by atoms with Crippen molar-refractivity contribution < 1.29 is 23.9 Å². The van der Waals surface area contributed by atoms with Crippen LogP contribution in [0.25, 0.3) is 0 Å². The second-order valence-electron chi connectivity index (χ2n) is 2.61. The van der Waals surface area contributed by atoms with E-state index in [1.807, 2.05) is 0 Å². The zero-order valence-corrected chi connectivity index (χ0v) is 7.61. The molecule has 0 saturated heterocycles. The van der Waals surface area contributed by atoms with Gasteiger partial charge in [-0.2, -0.15) is 0 Å². The van der Waals surface area contributed by atoms with E-state index >= 15 is 0 Å². The molecule has 0 fully saturated rings. The van der Waals surface area contributed by atoms with E-state index in [0.717, 1.165) is 6.07 Å². The highest BCUT2D eigenvalue weighted by atomic mass is 19.1. The van der Waals surface area contributed by atoms with Crippen LogP contribution < -0.4 is 10.2 Å². The summed E-state index contributed by atoms with van der Waals surface area (Å²) in [6, 6.07) is 3.57. The number of hydrogen-bond acceptors (Lipinski definition) is 4. The van der Waals surface area contributed by atoms with E-state index in [1.165, 1.54) is 19.2 Å². The Morgan fingerprint density at radius 1 is 1.43 bits per heavy atom. The maximum atomic E-state index is 13.0. The molecule has 0 atom stereocenters. The van der Waals surface area contributed by atoms with Crippen molar-refractivity contribution in [2.45, 2.75) is 0 Å². The average Bonchev–Trinajstić information content (AvgIpc) is 2.16. The lowest BCUT2D eigenvalue weighted by Gasteiger charge is -2.07. The van der Waals surface area contributed by atoms with Crippen LogP contribution >= 0.6 is 0 Å². The highest BCUT2D eigenvalue weighted by Gasteiger charge is 2.13. The summed E-state index contributed by atoms with van der Waals surface area (Å²) in [5, 5.41) is 17.6. The number of benzene rings is 1. The van der Waals surface area contributed by atoms with Gasteiger partial charge in [-0.15, -0.1) is 0 Å². The number of halogens is 1. The molecule has 0 unspecified atom stereocenters. The topological polar surface area (TPSA) is 58.9 Å². The Kier molecular flexibility index (Phi) is 3.88. The van der Waals surface area contributed by atoms with Gasteiger partial charge in [0.05, 0.1) is 0 Å². The Hall–Kier alpha value is -1.11. The van der Waals surface area contributed by atoms with Gasteiger partial charge in [-0.25, -0.2) is 4.39 Å². The quantitative estimate of drug-likeness (QED) is 0.507. The van der Waals surface area contributed by atoms with E-state index in [1.54, 1.807) is 0 Å². The summed E-state index contributed by atoms with van der Waals surface area (Å²) in [5.74, 6) is -0.649. The highest BCUT2D eigenvalue weighted by molar-refractivity contribution is 6.58. The molecule has 0 aliphatic carbocycles. The molecule has 1 aromatic rings. The van der Waals surface area contributed by atoms with E-state index in [9.17, 15) is 4.39 Å². The summed E-state index contributed by atoms with van der Waals surface area (Å²) in [5.41, 5.74) is 0.164. The average molecular weight is 200 g/mol. The molecular formula is C8H10BFO4. The summed E-state index contributed by atoms with van der Waals surface area (Å²) in [4.78, 5) is 0. The Morgan fingerprint density at radius 3 is 2.71 bits per heavy atom. The van der Waals surface area contributed by atoms with Crippen LogP contribution in [0.2, 0.25) is 0 Å². The van der Waals surface area contributed by atoms with Gasteiger partial charge in [0, 0.05) is 7.11 Å². The second kappa shape index (κ2) is 4.95. The molecule has 6 heteroatoms. The molecule has 0 saturated carbocycles. The number of methoxy groups -OCH3 is 1. The molecule has 0 amide bonds. The minimum absolute atomic E-state index is 0.0718. The maximum Gasteiger partial charge on any atom is 0.488 e. The largest absolute Gasteiger partial charge is 0.488 e. The molecule has 14 heavy (non-hydrogen) atoms. The predicted octanol–water partition coefficient (Wildman–Crippen LogP) is -0.512. The Morgan fingerprint density at radius 2 is 2.14 bits per heavy atom. The molecule has 0 aromatic heterocycles. The third-order valence-electron chi connectivity index (χ3n) is 1.59. The summed E-state index contributed by atoms with van der Waals surface area (Å²) >= 11 is 0. The van der Waals surface area contributed by atoms with Gasteiger partial charge in [0.1, 0.15) is 0 Å². The van der Waals surface area contributed by atoms with E-state index in [0.29, 0.717) is 0 Å². The van der Waals surface area contributed by atoms with Crippen molar-refractivity contribution in [3.05, 3.63) is 24.0 Å². The molecule has 76 valence electrons. The standard InChI is InChI=1S/C8H10BFO4/c1-13-5-14-8-4-6(9(11)12)2-3-7(8)10/h2-4,11-12H,5H2,1H3. The van der Waals surface area contributed by atoms with Crippen LogP contribution in [0.5, 0.6) is 5.75 Å². The smallest absolute Gasteiger partial charge is 0.465 e. The van der Waals surface area contributed by atoms with Gasteiger partial charge in [0.2, 0.25) is 0 Å². The van der Waals surface area contributed by atoms with Crippen molar-refractivity contribution in [3.8, 4) is 5.75 Å². The van der Waals surface area contributed by atoms with Crippen LogP contribution in [0.3, 0.4) is 0 Å². The van der Waals surface area contributed by atoms with E-state index in [-0.39, 0.29) is 18.0 Å². The zero-order valence-electron chi connectivity index (χ0n) is 7.61. The molecule has 0 spiro atoms. The molecule has 1 aromatic carbocycles. The van der Waals surface area contributed by atoms with E-state index in [4.69, 9.17) is 14.8 Å². The summed E-state index contributed by atoms with van der Waals surface area (Å²) < 4.78 is 22.5. The van der Waals surface area contributed by atoms with Crippen LogP contribution in [0.4, 0.5) is 4.39 Å². The van der Waals surface area contributed by atoms with Crippen molar-refractivity contribution in [2.75, 3.05) is 13.9 Å². The van der Waals surface area contributed by atoms with Gasteiger partial charge >= 0.3 is 7.12 Å². The van der Waals surface area contributed by atoms with Crippen molar-refractivity contribution in [1.29, 1.82) is 0 Å². The van der Waals surface area contributed by atoms with Crippen molar-refractivity contribution in [1.82, 2.24) is 0 Å². The molecule has 1 rings (SSSR count). The monoisotopic (exact) mass is 200 g/mol. The first-order chi connectivity index (χ1) is 6.65. The first-order valence-electron chi connectivity index (χ1n) is 3.92. The SMILES string of the molecule is COCOc1cc(B(O)O)ccc1F. The van der Waals surface area contributed by atoms with Gasteiger partial charge in [-0.3, -0.25) is 0 Å². The summed E-state index contributed by atoms with van der Waals surface area (Å²) in [6.07, 6.45) is 0. The number of rotatable bonds is 4. The van der Waals surface area contributed by atoms with Gasteiger partial charge in [-0.05, 0) is 17.6 Å². The Bertz CT molecular complexity index is 305. The fourth-order valence-electron chi connectivity index (χ4n) is 0.914. The van der Waals surface area contributed by atoms with Crippen LogP contribution in [-0.2, 0) is 4.74 Å². The lowest BCUT2D eigenvalue weighted by atomic mass is 9.80. The molecule has 2 N–H and O–H groups in total. The van der Waals surface area contributed by atoms with Crippen molar-refractivity contribution in [2.24, 2.45) is 0 Å². The molecule has 0 aliphatic rings. The maximum absolute atomic E-state index is 13.0. The van der Waals surface area contributed by atoms with Gasteiger partial charge in [0.15, 0.2) is 18.4 Å². The Labute approximate surface area is 81.0 Å². The van der Waals surface area contributed by atoms with Crippen LogP contribution in [0.15, 0.2) is 18.2 Å². The summed E-state index contributed by atoms with van der Waals surface area (Å²) in [7, 11) is -0.233. The number of hydrogen-bond donors (Lipinski definition) is 2. The lowest BCUT2D eigenvalue weighted by Crippen LogP contribution is -2.29. The molecule has 0 heterocycles. The normalized spacial score (nSPS) is 10.0. The van der Waals surface area contributed by atoms with Crippen molar-refractivity contribution in [3.63, 3.8) is 0 Å². The third-order valence-corrected chi connectivity index (χ3v) is 1.59. The number of ether oxygens (including phenoxy) is 2. The summed E-state index contributed by atoms with van der Waals surface area (Å²) in [6.45, 7) is -0.0953. The van der Waals surface area contributed by atoms with Crippen LogP contribution in [0.1, 0.15) is 0 Å². The first kappa shape index (κ1) is 11.0. The van der Waals surface area contributed by atoms with E-state index in [2.05, 4.69) is 4.74 Å². The fourth-order valence-corrected chi connectivity index (χ4v) is 0.914. The molecular weight excluding hydrogens is 190 g/mol. The predicted molar refractivity (Wildman–Crippen MR) is 48.7 cm³/mol. The fraction of sp³-hybridized carbons (Fsp3) is 0.250. The first-order valence-corrected chi connectivity index (χ1v) is 3.92. The van der Waals surface area contributed by atoms with E-state index < -0.39 is 12.9 Å². The molecule has 0 bridgehead atoms. The Balaban J connectivity index is 2.85. The van der Waals surface area contributed by atoms with Gasteiger partial charge in [-0.1, -0.05) is 6.07 Å². The molecule has 0 aliphatic heterocycles. The molecule has 0 radical (unpaired) electrons. The second-order valence-corrected chi connectivity index (χ2v) is 2.61.